The molecule has 0 unspecified atom stereocenters. The minimum atomic E-state index is -0.895. The molecule has 3 aromatic carbocycles. The number of Topliss-reactive ketones (excluding diaryl/α,β-unsaturated/α-hetero) is 1. The van der Waals surface area contributed by atoms with E-state index >= 15 is 0 Å². The number of benzene rings is 3. The number of carbonyl (C=O) groups is 4. The molecule has 0 radical (unpaired) electrons. The van der Waals surface area contributed by atoms with Gasteiger partial charge in [0.25, 0.3) is 0 Å². The topological polar surface area (TPSA) is 93.2 Å². The molecule has 0 saturated carbocycles. The first kappa shape index (κ1) is 26.5. The highest BCUT2D eigenvalue weighted by Crippen LogP contribution is 2.50. The van der Waals surface area contributed by atoms with Gasteiger partial charge in [0.2, 0.25) is 11.8 Å². The van der Waals surface area contributed by atoms with Crippen LogP contribution < -0.4 is 19.3 Å². The van der Waals surface area contributed by atoms with E-state index in [9.17, 15) is 19.2 Å². The monoisotopic (exact) mass is 550 g/mol. The normalized spacial score (nSPS) is 22.3. The summed E-state index contributed by atoms with van der Waals surface area (Å²) in [5, 5.41) is 0. The number of nitrogens with zero attached hydrogens (tertiary/aromatic N) is 2. The van der Waals surface area contributed by atoms with Crippen molar-refractivity contribution in [3.8, 4) is 11.5 Å². The van der Waals surface area contributed by atoms with Gasteiger partial charge in [0.1, 0.15) is 17.5 Å². The zero-order chi connectivity index (χ0) is 28.7. The van der Waals surface area contributed by atoms with Gasteiger partial charge in [-0.15, -0.1) is 0 Å². The zero-order valence-corrected chi connectivity index (χ0v) is 22.9. The third kappa shape index (κ3) is 4.59. The average molecular weight is 551 g/mol. The second-order valence-corrected chi connectivity index (χ2v) is 10.5. The highest BCUT2D eigenvalue weighted by atomic mass is 16.5. The molecule has 4 atom stereocenters. The van der Waals surface area contributed by atoms with E-state index in [0.29, 0.717) is 29.4 Å². The van der Waals surface area contributed by atoms with E-state index in [0.717, 1.165) is 24.1 Å². The van der Waals surface area contributed by atoms with Crippen LogP contribution in [0.25, 0.3) is 6.08 Å². The summed E-state index contributed by atoms with van der Waals surface area (Å²) >= 11 is 0. The van der Waals surface area contributed by atoms with Gasteiger partial charge in [-0.2, -0.15) is 0 Å². The number of hydrogen-bond donors (Lipinski definition) is 0. The summed E-state index contributed by atoms with van der Waals surface area (Å²) in [4.78, 5) is 56.7. The predicted octanol–water partition coefficient (Wildman–Crippen LogP) is 5.06. The Kier molecular flexibility index (Phi) is 6.91. The summed E-state index contributed by atoms with van der Waals surface area (Å²) in [6.45, 7) is 3.99. The Labute approximate surface area is 238 Å². The van der Waals surface area contributed by atoms with Crippen LogP contribution in [0, 0.1) is 11.8 Å². The molecule has 2 fully saturated rings. The summed E-state index contributed by atoms with van der Waals surface area (Å²) in [5.41, 5.74) is 2.55. The quantitative estimate of drug-likeness (QED) is 0.127. The van der Waals surface area contributed by atoms with Crippen LogP contribution in [0.3, 0.4) is 0 Å². The lowest BCUT2D eigenvalue weighted by Crippen LogP contribution is -2.48. The van der Waals surface area contributed by atoms with Gasteiger partial charge in [-0.1, -0.05) is 43.7 Å². The number of esters is 1. The molecular formula is C33H30N2O6. The fourth-order valence-corrected chi connectivity index (χ4v) is 6.12. The summed E-state index contributed by atoms with van der Waals surface area (Å²) in [6.07, 6.45) is 5.84. The van der Waals surface area contributed by atoms with Gasteiger partial charge in [0, 0.05) is 18.2 Å². The zero-order valence-electron chi connectivity index (χ0n) is 22.9. The van der Waals surface area contributed by atoms with Gasteiger partial charge < -0.3 is 14.4 Å². The van der Waals surface area contributed by atoms with E-state index in [2.05, 4.69) is 6.92 Å². The molecule has 8 nitrogen and oxygen atoms in total. The van der Waals surface area contributed by atoms with Crippen LogP contribution in [0.5, 0.6) is 11.5 Å². The molecule has 0 spiro atoms. The van der Waals surface area contributed by atoms with Crippen molar-refractivity contribution in [1.82, 2.24) is 0 Å². The van der Waals surface area contributed by atoms with Gasteiger partial charge in [0.15, 0.2) is 5.78 Å². The van der Waals surface area contributed by atoms with Crippen molar-refractivity contribution in [2.45, 2.75) is 38.8 Å². The second-order valence-electron chi connectivity index (χ2n) is 10.5. The van der Waals surface area contributed by atoms with Crippen molar-refractivity contribution in [3.63, 3.8) is 0 Å². The van der Waals surface area contributed by atoms with Crippen LogP contribution in [-0.2, 0) is 14.4 Å². The first-order valence-electron chi connectivity index (χ1n) is 13.9. The van der Waals surface area contributed by atoms with E-state index in [-0.39, 0.29) is 11.7 Å². The van der Waals surface area contributed by atoms with Crippen molar-refractivity contribution in [2.24, 2.45) is 11.8 Å². The van der Waals surface area contributed by atoms with E-state index in [1.54, 1.807) is 48.5 Å². The molecule has 0 bridgehead atoms. The van der Waals surface area contributed by atoms with Gasteiger partial charge in [0.05, 0.1) is 30.2 Å². The summed E-state index contributed by atoms with van der Waals surface area (Å²) in [7, 11) is 0. The number of para-hydroxylation sites is 1. The lowest BCUT2D eigenvalue weighted by atomic mass is 9.86. The molecule has 0 N–H and O–H groups in total. The fraction of sp³-hybridized carbons (Fsp3) is 0.273. The molecule has 0 aromatic heterocycles. The number of rotatable bonds is 8. The molecule has 3 aromatic rings. The maximum atomic E-state index is 14.2. The Hall–Kier alpha value is -4.72. The number of amides is 2. The molecule has 2 saturated heterocycles. The fourth-order valence-electron chi connectivity index (χ4n) is 6.12. The molecule has 2 amide bonds. The lowest BCUT2D eigenvalue weighted by molar-refractivity contribution is -0.132. The number of ether oxygens (including phenoxy) is 2. The number of fused-ring (bicyclic) bond motifs is 5. The molecule has 3 heterocycles. The highest BCUT2D eigenvalue weighted by molar-refractivity contribution is 6.25. The third-order valence-electron chi connectivity index (χ3n) is 7.95. The number of anilines is 2. The highest BCUT2D eigenvalue weighted by Gasteiger charge is 2.64. The maximum Gasteiger partial charge on any atom is 0.308 e. The predicted molar refractivity (Wildman–Crippen MR) is 154 cm³/mol. The summed E-state index contributed by atoms with van der Waals surface area (Å²) < 4.78 is 10.9. The number of ketones is 1. The first-order valence-corrected chi connectivity index (χ1v) is 13.9. The largest absolute Gasteiger partial charge is 0.494 e. The molecular weight excluding hydrogens is 520 g/mol. The lowest BCUT2D eigenvalue weighted by Gasteiger charge is -2.36. The standard InChI is InChI=1S/C33H30N2O6/c1-3-4-19-40-24-16-12-23(13-17-24)34-32(38)28-27-18-11-21-7-5-6-8-26(21)35(27)30(29(28)33(34)39)31(37)22-9-14-25(15-10-22)41-20(2)36/h5-18,27-30H,3-4,19H2,1-2H3/t27-,28+,29+,30+/m1/s1. The van der Waals surface area contributed by atoms with Crippen LogP contribution >= 0.6 is 0 Å². The van der Waals surface area contributed by atoms with E-state index in [1.165, 1.54) is 11.8 Å². The van der Waals surface area contributed by atoms with Crippen molar-refractivity contribution in [1.29, 1.82) is 0 Å². The van der Waals surface area contributed by atoms with Crippen molar-refractivity contribution in [2.75, 3.05) is 16.4 Å². The molecule has 3 aliphatic heterocycles. The summed E-state index contributed by atoms with van der Waals surface area (Å²) in [5.74, 6) is -2.05. The average Bonchev–Trinajstić information content (AvgIpc) is 3.46. The number of unbranched alkanes of at least 4 members (excludes halogenated alkanes) is 1. The van der Waals surface area contributed by atoms with Crippen LogP contribution in [0.4, 0.5) is 11.4 Å². The smallest absolute Gasteiger partial charge is 0.308 e. The van der Waals surface area contributed by atoms with E-state index in [4.69, 9.17) is 9.47 Å². The van der Waals surface area contributed by atoms with Crippen LogP contribution in [0.1, 0.15) is 42.6 Å². The van der Waals surface area contributed by atoms with Gasteiger partial charge in [-0.3, -0.25) is 19.2 Å². The maximum absolute atomic E-state index is 14.2. The van der Waals surface area contributed by atoms with Gasteiger partial charge in [-0.25, -0.2) is 4.90 Å². The third-order valence-corrected chi connectivity index (χ3v) is 7.95. The van der Waals surface area contributed by atoms with Crippen molar-refractivity contribution in [3.05, 3.63) is 90.0 Å². The van der Waals surface area contributed by atoms with E-state index in [1.807, 2.05) is 41.3 Å². The van der Waals surface area contributed by atoms with Crippen LogP contribution in [-0.4, -0.2) is 42.3 Å². The Balaban J connectivity index is 1.36. The number of imide groups is 1. The first-order chi connectivity index (χ1) is 19.9. The molecule has 41 heavy (non-hydrogen) atoms. The summed E-state index contributed by atoms with van der Waals surface area (Å²) in [6, 6.07) is 19.6. The van der Waals surface area contributed by atoms with Crippen LogP contribution in [0.2, 0.25) is 0 Å². The number of carbonyl (C=O) groups excluding carboxylic acids is 4. The molecule has 0 aliphatic carbocycles. The Morgan fingerprint density at radius 2 is 1.54 bits per heavy atom. The molecule has 6 rings (SSSR count). The van der Waals surface area contributed by atoms with E-state index < -0.39 is 35.8 Å². The van der Waals surface area contributed by atoms with Crippen molar-refractivity contribution >= 4 is 41.0 Å². The molecule has 8 heteroatoms. The van der Waals surface area contributed by atoms with Crippen LogP contribution in [0.15, 0.2) is 78.9 Å². The Bertz CT molecular complexity index is 1540. The minimum Gasteiger partial charge on any atom is -0.494 e. The Morgan fingerprint density at radius 3 is 2.24 bits per heavy atom. The molecule has 208 valence electrons. The van der Waals surface area contributed by atoms with Crippen molar-refractivity contribution < 1.29 is 28.7 Å². The number of hydrogen-bond acceptors (Lipinski definition) is 7. The molecule has 3 aliphatic rings. The minimum absolute atomic E-state index is 0.273. The SMILES string of the molecule is CCCCOc1ccc(N2C(=O)[C@@H]3[C@H](C2=O)[C@@H](C(=O)c2ccc(OC(C)=O)cc2)N2c4ccccc4C=C[C@H]32)cc1. The van der Waals surface area contributed by atoms with Gasteiger partial charge >= 0.3 is 5.97 Å². The van der Waals surface area contributed by atoms with Gasteiger partial charge in [-0.05, 0) is 66.6 Å². The Morgan fingerprint density at radius 1 is 0.854 bits per heavy atom. The second kappa shape index (κ2) is 10.7.